The van der Waals surface area contributed by atoms with E-state index >= 15 is 0 Å². The first-order valence-electron chi connectivity index (χ1n) is 12.1. The number of carbonyl (C=O) groups is 2. The maximum absolute atomic E-state index is 13.4. The predicted molar refractivity (Wildman–Crippen MR) is 128 cm³/mol. The highest BCUT2D eigenvalue weighted by atomic mass is 19.4. The molecule has 3 rings (SSSR count). The first kappa shape index (κ1) is 28.2. The predicted octanol–water partition coefficient (Wildman–Crippen LogP) is 2.65. The van der Waals surface area contributed by atoms with Crippen LogP contribution in [0.5, 0.6) is 5.75 Å². The van der Waals surface area contributed by atoms with E-state index in [2.05, 4.69) is 4.98 Å². The van der Waals surface area contributed by atoms with Gasteiger partial charge < -0.3 is 19.6 Å². The van der Waals surface area contributed by atoms with Gasteiger partial charge in [0.25, 0.3) is 5.91 Å². The number of amides is 2. The van der Waals surface area contributed by atoms with Gasteiger partial charge in [-0.05, 0) is 56.0 Å². The lowest BCUT2D eigenvalue weighted by atomic mass is 9.92. The van der Waals surface area contributed by atoms with E-state index in [1.165, 1.54) is 27.5 Å². The molecule has 2 atom stereocenters. The Kier molecular flexibility index (Phi) is 9.70. The number of rotatable bonds is 10. The molecule has 0 saturated carbocycles. The van der Waals surface area contributed by atoms with E-state index < -0.39 is 35.6 Å². The second-order valence-corrected chi connectivity index (χ2v) is 8.68. The Labute approximate surface area is 212 Å². The van der Waals surface area contributed by atoms with Crippen LogP contribution in [0.15, 0.2) is 42.6 Å². The number of carbonyl (C=O) groups excluding carboxylic acids is 2. The molecule has 0 aliphatic carbocycles. The van der Waals surface area contributed by atoms with Crippen molar-refractivity contribution in [1.82, 2.24) is 15.4 Å². The number of anilines is 1. The van der Waals surface area contributed by atoms with Gasteiger partial charge in [0.15, 0.2) is 0 Å². The van der Waals surface area contributed by atoms with E-state index in [4.69, 9.17) is 9.94 Å². The van der Waals surface area contributed by atoms with Gasteiger partial charge in [-0.25, -0.2) is 10.5 Å². The van der Waals surface area contributed by atoms with Crippen molar-refractivity contribution in [3.8, 4) is 5.75 Å². The third kappa shape index (κ3) is 7.32. The number of aliphatic hydroxyl groups is 1. The minimum Gasteiger partial charge on any atom is -0.494 e. The number of hydroxylamine groups is 1. The number of aromatic nitrogens is 1. The number of aryl methyl sites for hydroxylation is 1. The zero-order valence-electron chi connectivity index (χ0n) is 20.4. The topological polar surface area (TPSA) is 115 Å². The van der Waals surface area contributed by atoms with Gasteiger partial charge in [0.1, 0.15) is 17.7 Å². The van der Waals surface area contributed by atoms with Crippen LogP contribution in [0, 0.1) is 5.92 Å². The highest BCUT2D eigenvalue weighted by Crippen LogP contribution is 2.35. The van der Waals surface area contributed by atoms with Crippen LogP contribution >= 0.6 is 0 Å². The van der Waals surface area contributed by atoms with Gasteiger partial charge in [0.2, 0.25) is 5.91 Å². The molecule has 37 heavy (non-hydrogen) atoms. The van der Waals surface area contributed by atoms with Crippen molar-refractivity contribution in [3.63, 3.8) is 0 Å². The van der Waals surface area contributed by atoms with Crippen LogP contribution in [-0.4, -0.2) is 70.9 Å². The molecule has 12 heteroatoms. The summed E-state index contributed by atoms with van der Waals surface area (Å²) in [5, 5.41) is 19.4. The average molecular weight is 525 g/mol. The number of pyridine rings is 1. The highest BCUT2D eigenvalue weighted by Gasteiger charge is 2.38. The lowest BCUT2D eigenvalue weighted by molar-refractivity contribution is -0.151. The Morgan fingerprint density at radius 3 is 2.41 bits per heavy atom. The fourth-order valence-electron chi connectivity index (χ4n) is 4.35. The van der Waals surface area contributed by atoms with Crippen molar-refractivity contribution in [3.05, 3.63) is 53.7 Å². The third-order valence-corrected chi connectivity index (χ3v) is 6.28. The Hall–Kier alpha value is -3.38. The second-order valence-electron chi connectivity index (χ2n) is 8.68. The molecule has 2 amide bonds. The average Bonchev–Trinajstić information content (AvgIpc) is 2.90. The number of piperazine rings is 1. The molecule has 2 heterocycles. The fourth-order valence-corrected chi connectivity index (χ4v) is 4.35. The number of benzene rings is 1. The van der Waals surface area contributed by atoms with Gasteiger partial charge >= 0.3 is 6.18 Å². The number of aliphatic hydroxyl groups excluding tert-OH is 1. The number of nitrogens with zero attached hydrogens (tertiary/aromatic N) is 3. The van der Waals surface area contributed by atoms with Crippen molar-refractivity contribution >= 4 is 17.6 Å². The Morgan fingerprint density at radius 1 is 1.14 bits per heavy atom. The Bertz CT molecular complexity index is 1040. The summed E-state index contributed by atoms with van der Waals surface area (Å²) in [5.74, 6) is -2.18. The lowest BCUT2D eigenvalue weighted by Gasteiger charge is -2.38. The summed E-state index contributed by atoms with van der Waals surface area (Å²) in [4.78, 5) is 32.0. The summed E-state index contributed by atoms with van der Waals surface area (Å²) < 4.78 is 45.6. The smallest absolute Gasteiger partial charge is 0.419 e. The summed E-state index contributed by atoms with van der Waals surface area (Å²) in [6.07, 6.45) is -3.83. The van der Waals surface area contributed by atoms with Crippen LogP contribution in [0.2, 0.25) is 0 Å². The molecular formula is C25H31F3N4O5. The molecular weight excluding hydrogens is 493 g/mol. The molecule has 0 bridgehead atoms. The molecule has 0 radical (unpaired) electrons. The number of nitrogens with one attached hydrogen (secondary N) is 1. The molecule has 9 nitrogen and oxygen atoms in total. The maximum atomic E-state index is 13.4. The molecule has 0 spiro atoms. The Morgan fingerprint density at radius 2 is 1.81 bits per heavy atom. The van der Waals surface area contributed by atoms with Crippen molar-refractivity contribution in [2.45, 2.75) is 38.5 Å². The van der Waals surface area contributed by atoms with E-state index in [-0.39, 0.29) is 38.4 Å². The largest absolute Gasteiger partial charge is 0.494 e. The van der Waals surface area contributed by atoms with Crippen LogP contribution in [0.1, 0.15) is 30.9 Å². The van der Waals surface area contributed by atoms with Gasteiger partial charge in [-0.1, -0.05) is 12.1 Å². The van der Waals surface area contributed by atoms with E-state index in [9.17, 15) is 27.9 Å². The minimum atomic E-state index is -4.56. The van der Waals surface area contributed by atoms with Crippen LogP contribution in [0.25, 0.3) is 0 Å². The molecule has 1 aromatic heterocycles. The zero-order valence-corrected chi connectivity index (χ0v) is 20.4. The number of hydrogen-bond acceptors (Lipinski definition) is 7. The van der Waals surface area contributed by atoms with Crippen LogP contribution in [0.3, 0.4) is 0 Å². The molecule has 1 aliphatic heterocycles. The molecule has 2 aromatic rings. The van der Waals surface area contributed by atoms with Crippen LogP contribution < -0.4 is 15.1 Å². The molecule has 202 valence electrons. The van der Waals surface area contributed by atoms with Crippen molar-refractivity contribution < 1.29 is 37.8 Å². The zero-order chi connectivity index (χ0) is 27.0. The highest BCUT2D eigenvalue weighted by molar-refractivity contribution is 5.88. The standard InChI is InChI=1S/C25H31F3N4O5/c1-2-37-18-10-8-17(9-11-18)5-3-6-19(21(33)23(34)30-36)24(35)32-15-13-31(14-16-32)22-20(25(26,27)28)7-4-12-29-22/h4,7-12,19,21,33,36H,2-3,5-6,13-16H2,1H3,(H,30,34)/t19-,21+/m1/s1. The van der Waals surface area contributed by atoms with Gasteiger partial charge in [-0.3, -0.25) is 14.8 Å². The normalized spacial score (nSPS) is 15.7. The Balaban J connectivity index is 1.64. The summed E-state index contributed by atoms with van der Waals surface area (Å²) in [5.41, 5.74) is 1.52. The van der Waals surface area contributed by atoms with Crippen molar-refractivity contribution in [2.75, 3.05) is 37.7 Å². The van der Waals surface area contributed by atoms with Gasteiger partial charge in [0, 0.05) is 32.4 Å². The van der Waals surface area contributed by atoms with Gasteiger partial charge in [-0.15, -0.1) is 0 Å². The van der Waals surface area contributed by atoms with Gasteiger partial charge in [-0.2, -0.15) is 13.2 Å². The van der Waals surface area contributed by atoms with Crippen LogP contribution in [-0.2, 0) is 22.2 Å². The SMILES string of the molecule is CCOc1ccc(CCC[C@@H](C(=O)N2CCN(c3ncccc3C(F)(F)F)CC2)[C@H](O)C(=O)NO)cc1. The molecule has 1 aliphatic rings. The quantitative estimate of drug-likeness (QED) is 0.323. The molecule has 3 N–H and O–H groups in total. The molecule has 1 fully saturated rings. The van der Waals surface area contributed by atoms with E-state index in [1.807, 2.05) is 31.2 Å². The summed E-state index contributed by atoms with van der Waals surface area (Å²) in [6.45, 7) is 2.83. The number of hydrogen-bond donors (Lipinski definition) is 3. The van der Waals surface area contributed by atoms with E-state index in [0.717, 1.165) is 17.4 Å². The monoisotopic (exact) mass is 524 g/mol. The summed E-state index contributed by atoms with van der Waals surface area (Å²) >= 11 is 0. The number of ether oxygens (including phenoxy) is 1. The van der Waals surface area contributed by atoms with Gasteiger partial charge in [0.05, 0.1) is 18.1 Å². The molecule has 1 aromatic carbocycles. The number of halogens is 3. The van der Waals surface area contributed by atoms with E-state index in [0.29, 0.717) is 19.4 Å². The lowest BCUT2D eigenvalue weighted by Crippen LogP contribution is -2.53. The third-order valence-electron chi connectivity index (χ3n) is 6.28. The first-order chi connectivity index (χ1) is 17.7. The molecule has 1 saturated heterocycles. The van der Waals surface area contributed by atoms with E-state index in [1.54, 1.807) is 0 Å². The summed E-state index contributed by atoms with van der Waals surface area (Å²) in [7, 11) is 0. The van der Waals surface area contributed by atoms with Crippen LogP contribution in [0.4, 0.5) is 19.0 Å². The summed E-state index contributed by atoms with van der Waals surface area (Å²) in [6, 6.07) is 9.64. The van der Waals surface area contributed by atoms with Crippen molar-refractivity contribution in [2.24, 2.45) is 5.92 Å². The molecule has 0 unspecified atom stereocenters. The van der Waals surface area contributed by atoms with Crippen molar-refractivity contribution in [1.29, 1.82) is 0 Å². The number of alkyl halides is 3. The minimum absolute atomic E-state index is 0.0928. The maximum Gasteiger partial charge on any atom is 0.419 e. The second kappa shape index (κ2) is 12.7. The fraction of sp³-hybridized carbons (Fsp3) is 0.480. The first-order valence-corrected chi connectivity index (χ1v) is 12.1.